The van der Waals surface area contributed by atoms with Crippen LogP contribution >= 0.6 is 0 Å². The molecule has 2 heterocycles. The zero-order valence-corrected chi connectivity index (χ0v) is 10.1. The molecule has 0 aliphatic rings. The molecule has 0 atom stereocenters. The predicted molar refractivity (Wildman–Crippen MR) is 63.4 cm³/mol. The highest BCUT2D eigenvalue weighted by Gasteiger charge is 2.11. The Labute approximate surface area is 107 Å². The van der Waals surface area contributed by atoms with E-state index < -0.39 is 4.92 Å². The van der Waals surface area contributed by atoms with E-state index in [2.05, 4.69) is 15.5 Å². The molecule has 19 heavy (non-hydrogen) atoms. The summed E-state index contributed by atoms with van der Waals surface area (Å²) in [5.74, 6) is 0.442. The molecular weight excluding hydrogens is 254 g/mol. The van der Waals surface area contributed by atoms with Gasteiger partial charge in [0.2, 0.25) is 12.2 Å². The lowest BCUT2D eigenvalue weighted by molar-refractivity contribution is -0.389. The fourth-order valence-corrected chi connectivity index (χ4v) is 1.43. The van der Waals surface area contributed by atoms with Gasteiger partial charge in [-0.2, -0.15) is 0 Å². The number of aryl methyl sites for hydroxylation is 2. The zero-order valence-electron chi connectivity index (χ0n) is 10.1. The molecule has 9 nitrogen and oxygen atoms in total. The van der Waals surface area contributed by atoms with Crippen LogP contribution in [0.2, 0.25) is 0 Å². The molecule has 0 unspecified atom stereocenters. The van der Waals surface area contributed by atoms with Crippen molar-refractivity contribution in [3.05, 3.63) is 34.5 Å². The van der Waals surface area contributed by atoms with E-state index in [-0.39, 0.29) is 18.1 Å². The molecule has 0 fully saturated rings. The van der Waals surface area contributed by atoms with Gasteiger partial charge in [0.25, 0.3) is 0 Å². The number of hydrogen-bond donors (Lipinski definition) is 1. The van der Waals surface area contributed by atoms with Gasteiger partial charge >= 0.3 is 5.82 Å². The van der Waals surface area contributed by atoms with Crippen LogP contribution in [0.15, 0.2) is 23.1 Å². The fourth-order valence-electron chi connectivity index (χ4n) is 1.43. The summed E-state index contributed by atoms with van der Waals surface area (Å²) in [5.41, 5.74) is 0. The van der Waals surface area contributed by atoms with Crippen LogP contribution in [0, 0.1) is 17.0 Å². The number of amides is 1. The molecule has 0 saturated carbocycles. The Balaban J connectivity index is 1.84. The SMILES string of the molecule is Cc1cc(NC(=O)CCn2cnc([N+](=O)[O-])c2)no1. The molecule has 2 aromatic rings. The van der Waals surface area contributed by atoms with E-state index in [1.54, 1.807) is 13.0 Å². The summed E-state index contributed by atoms with van der Waals surface area (Å²) in [7, 11) is 0. The highest BCUT2D eigenvalue weighted by atomic mass is 16.6. The lowest BCUT2D eigenvalue weighted by atomic mass is 10.4. The van der Waals surface area contributed by atoms with Crippen molar-refractivity contribution in [2.45, 2.75) is 19.9 Å². The number of rotatable bonds is 5. The van der Waals surface area contributed by atoms with E-state index in [9.17, 15) is 14.9 Å². The second kappa shape index (κ2) is 5.29. The minimum Gasteiger partial charge on any atom is -0.360 e. The molecule has 100 valence electrons. The van der Waals surface area contributed by atoms with Gasteiger partial charge in [0.15, 0.2) is 5.82 Å². The number of imidazole rings is 1. The van der Waals surface area contributed by atoms with Gasteiger partial charge in [-0.1, -0.05) is 5.16 Å². The standard InChI is InChI=1S/C10H11N5O4/c1-7-4-8(13-19-7)12-10(16)2-3-14-5-9(11-6-14)15(17)18/h4-6H,2-3H2,1H3,(H,12,13,16). The summed E-state index contributed by atoms with van der Waals surface area (Å²) in [6.07, 6.45) is 2.73. The van der Waals surface area contributed by atoms with Crippen LogP contribution in [0.25, 0.3) is 0 Å². The Kier molecular flexibility index (Phi) is 3.55. The third-order valence-electron chi connectivity index (χ3n) is 2.30. The van der Waals surface area contributed by atoms with Crippen molar-refractivity contribution < 1.29 is 14.2 Å². The molecular formula is C10H11N5O4. The van der Waals surface area contributed by atoms with Crippen molar-refractivity contribution in [2.24, 2.45) is 0 Å². The molecule has 1 N–H and O–H groups in total. The lowest BCUT2D eigenvalue weighted by Crippen LogP contribution is -2.14. The first-order chi connectivity index (χ1) is 9.04. The van der Waals surface area contributed by atoms with Gasteiger partial charge in [-0.05, 0) is 16.8 Å². The van der Waals surface area contributed by atoms with E-state index in [1.165, 1.54) is 17.1 Å². The van der Waals surface area contributed by atoms with Gasteiger partial charge in [0.1, 0.15) is 12.0 Å². The van der Waals surface area contributed by atoms with E-state index in [0.717, 1.165) is 0 Å². The third-order valence-corrected chi connectivity index (χ3v) is 2.30. The van der Waals surface area contributed by atoms with Crippen molar-refractivity contribution in [3.8, 4) is 0 Å². The Bertz CT molecular complexity index is 603. The number of nitro groups is 1. The van der Waals surface area contributed by atoms with Crippen LogP contribution in [0.1, 0.15) is 12.2 Å². The second-order valence-corrected chi connectivity index (χ2v) is 3.85. The Morgan fingerprint density at radius 2 is 2.42 bits per heavy atom. The van der Waals surface area contributed by atoms with Gasteiger partial charge in [-0.15, -0.1) is 0 Å². The minimum atomic E-state index is -0.589. The summed E-state index contributed by atoms with van der Waals surface area (Å²) in [5, 5.41) is 16.6. The number of hydrogen-bond acceptors (Lipinski definition) is 6. The molecule has 2 aromatic heterocycles. The quantitative estimate of drug-likeness (QED) is 0.639. The van der Waals surface area contributed by atoms with Crippen molar-refractivity contribution >= 4 is 17.5 Å². The molecule has 0 spiro atoms. The fraction of sp³-hybridized carbons (Fsp3) is 0.300. The Morgan fingerprint density at radius 3 is 3.00 bits per heavy atom. The number of nitrogens with one attached hydrogen (secondary N) is 1. The number of carbonyl (C=O) groups is 1. The van der Waals surface area contributed by atoms with Crippen LogP contribution in [-0.4, -0.2) is 25.5 Å². The molecule has 0 aliphatic carbocycles. The number of nitrogens with zero attached hydrogens (tertiary/aromatic N) is 4. The van der Waals surface area contributed by atoms with Crippen molar-refractivity contribution in [2.75, 3.05) is 5.32 Å². The molecule has 9 heteroatoms. The van der Waals surface area contributed by atoms with E-state index >= 15 is 0 Å². The highest BCUT2D eigenvalue weighted by Crippen LogP contribution is 2.09. The van der Waals surface area contributed by atoms with Gasteiger partial charge in [-0.25, -0.2) is 0 Å². The largest absolute Gasteiger partial charge is 0.381 e. The molecule has 1 amide bonds. The first-order valence-corrected chi connectivity index (χ1v) is 5.44. The normalized spacial score (nSPS) is 10.4. The van der Waals surface area contributed by atoms with E-state index in [1.807, 2.05) is 0 Å². The Hall–Kier alpha value is -2.71. The summed E-state index contributed by atoms with van der Waals surface area (Å²) in [4.78, 5) is 25.0. The smallest absolute Gasteiger partial charge is 0.360 e. The summed E-state index contributed by atoms with van der Waals surface area (Å²) < 4.78 is 6.28. The molecule has 0 saturated heterocycles. The van der Waals surface area contributed by atoms with Crippen molar-refractivity contribution in [1.29, 1.82) is 0 Å². The van der Waals surface area contributed by atoms with E-state index in [4.69, 9.17) is 4.52 Å². The molecule has 0 bridgehead atoms. The summed E-state index contributed by atoms with van der Waals surface area (Å²) in [6.45, 7) is 2.01. The number of aromatic nitrogens is 3. The topological polar surface area (TPSA) is 116 Å². The average molecular weight is 265 g/mol. The zero-order chi connectivity index (χ0) is 13.8. The highest BCUT2D eigenvalue weighted by molar-refractivity contribution is 5.89. The van der Waals surface area contributed by atoms with E-state index in [0.29, 0.717) is 18.1 Å². The van der Waals surface area contributed by atoms with Crippen LogP contribution in [-0.2, 0) is 11.3 Å². The summed E-state index contributed by atoms with van der Waals surface area (Å²) >= 11 is 0. The average Bonchev–Trinajstić information content (AvgIpc) is 2.96. The minimum absolute atomic E-state index is 0.152. The number of anilines is 1. The maximum absolute atomic E-state index is 11.6. The third kappa shape index (κ3) is 3.37. The van der Waals surface area contributed by atoms with Crippen LogP contribution in [0.5, 0.6) is 0 Å². The monoisotopic (exact) mass is 265 g/mol. The first kappa shape index (κ1) is 12.7. The predicted octanol–water partition coefficient (Wildman–Crippen LogP) is 1.12. The van der Waals surface area contributed by atoms with Gasteiger partial charge < -0.3 is 24.5 Å². The second-order valence-electron chi connectivity index (χ2n) is 3.85. The van der Waals surface area contributed by atoms with Crippen LogP contribution in [0.4, 0.5) is 11.6 Å². The maximum atomic E-state index is 11.6. The molecule has 0 radical (unpaired) electrons. The van der Waals surface area contributed by atoms with Gasteiger partial charge in [0.05, 0.1) is 0 Å². The van der Waals surface area contributed by atoms with Gasteiger partial charge in [0, 0.05) is 19.0 Å². The van der Waals surface area contributed by atoms with Crippen molar-refractivity contribution in [3.63, 3.8) is 0 Å². The molecule has 0 aromatic carbocycles. The van der Waals surface area contributed by atoms with Crippen LogP contribution in [0.3, 0.4) is 0 Å². The summed E-state index contributed by atoms with van der Waals surface area (Å²) in [6, 6.07) is 1.60. The first-order valence-electron chi connectivity index (χ1n) is 5.44. The lowest BCUT2D eigenvalue weighted by Gasteiger charge is -2.00. The van der Waals surface area contributed by atoms with Crippen LogP contribution < -0.4 is 5.32 Å². The molecule has 0 aliphatic heterocycles. The number of carbonyl (C=O) groups excluding carboxylic acids is 1. The van der Waals surface area contributed by atoms with Gasteiger partial charge in [-0.3, -0.25) is 4.79 Å². The molecule has 2 rings (SSSR count). The maximum Gasteiger partial charge on any atom is 0.381 e. The Morgan fingerprint density at radius 1 is 1.63 bits per heavy atom. The van der Waals surface area contributed by atoms with Crippen molar-refractivity contribution in [1.82, 2.24) is 14.7 Å².